The van der Waals surface area contributed by atoms with Gasteiger partial charge in [-0.1, -0.05) is 11.9 Å². The van der Waals surface area contributed by atoms with Gasteiger partial charge >= 0.3 is 0 Å². The van der Waals surface area contributed by atoms with E-state index in [4.69, 9.17) is 9.97 Å². The smallest absolute Gasteiger partial charge is 0.229 e. The molecule has 1 aromatic carbocycles. The lowest BCUT2D eigenvalue weighted by Crippen LogP contribution is -2.52. The molecule has 6 rings (SSSR count). The maximum absolute atomic E-state index is 4.80. The van der Waals surface area contributed by atoms with Crippen molar-refractivity contribution in [3.05, 3.63) is 54.6 Å². The van der Waals surface area contributed by atoms with Crippen LogP contribution in [-0.4, -0.2) is 100 Å². The van der Waals surface area contributed by atoms with Crippen LogP contribution in [-0.2, 0) is 0 Å². The summed E-state index contributed by atoms with van der Waals surface area (Å²) < 4.78 is 2.08. The Labute approximate surface area is 251 Å². The summed E-state index contributed by atoms with van der Waals surface area (Å²) in [5, 5.41) is 6.84. The minimum atomic E-state index is 0.506. The summed E-state index contributed by atoms with van der Waals surface area (Å²) >= 11 is 1.61. The van der Waals surface area contributed by atoms with E-state index in [0.717, 1.165) is 58.4 Å². The van der Waals surface area contributed by atoms with Crippen molar-refractivity contribution in [3.63, 3.8) is 0 Å². The predicted octanol–water partition coefficient (Wildman–Crippen LogP) is 4.54. The van der Waals surface area contributed by atoms with Crippen LogP contribution in [0.1, 0.15) is 18.4 Å². The normalized spacial score (nSPS) is 17.0. The summed E-state index contributed by atoms with van der Waals surface area (Å²) in [5.41, 5.74) is 5.31. The van der Waals surface area contributed by atoms with Gasteiger partial charge in [0.1, 0.15) is 17.2 Å². The van der Waals surface area contributed by atoms with Crippen LogP contribution in [0.25, 0.3) is 11.0 Å². The van der Waals surface area contributed by atoms with Crippen molar-refractivity contribution in [1.82, 2.24) is 34.7 Å². The number of hydrogen-bond donors (Lipinski definition) is 2. The number of piperazine rings is 1. The largest absolute Gasteiger partial charge is 0.357 e. The van der Waals surface area contributed by atoms with Gasteiger partial charge in [-0.05, 0) is 51.1 Å². The fraction of sp³-hybridized carbons (Fsp3) is 0.433. The molecule has 2 aliphatic rings. The number of likely N-dealkylation sites (N-methyl/N-ethyl adjacent to an activating group) is 1. The van der Waals surface area contributed by atoms with Crippen molar-refractivity contribution in [3.8, 4) is 0 Å². The summed E-state index contributed by atoms with van der Waals surface area (Å²) in [6.07, 6.45) is 11.5. The molecule has 4 aromatic rings. The molecule has 2 fully saturated rings. The quantitative estimate of drug-likeness (QED) is 0.284. The number of aromatic nitrogens is 5. The van der Waals surface area contributed by atoms with E-state index in [1.54, 1.807) is 24.3 Å². The third kappa shape index (κ3) is 6.20. The van der Waals surface area contributed by atoms with Gasteiger partial charge in [0.2, 0.25) is 5.95 Å². The molecule has 11 nitrogen and oxygen atoms in total. The van der Waals surface area contributed by atoms with Crippen molar-refractivity contribution in [2.45, 2.75) is 25.8 Å². The Balaban J connectivity index is 1.12. The zero-order valence-corrected chi connectivity index (χ0v) is 25.6. The van der Waals surface area contributed by atoms with E-state index >= 15 is 0 Å². The first-order chi connectivity index (χ1) is 20.5. The Morgan fingerprint density at radius 3 is 2.40 bits per heavy atom. The molecule has 2 N–H and O–H groups in total. The summed E-state index contributed by atoms with van der Waals surface area (Å²) in [7, 11) is 4.24. The first-order valence-corrected chi connectivity index (χ1v) is 15.7. The van der Waals surface area contributed by atoms with Gasteiger partial charge in [0.15, 0.2) is 0 Å². The molecule has 0 unspecified atom stereocenters. The summed E-state index contributed by atoms with van der Waals surface area (Å²) in [4.78, 5) is 30.7. The number of anilines is 6. The summed E-state index contributed by atoms with van der Waals surface area (Å²) in [6.45, 7) is 8.80. The number of benzene rings is 1. The van der Waals surface area contributed by atoms with Gasteiger partial charge < -0.3 is 24.7 Å². The zero-order valence-electron chi connectivity index (χ0n) is 24.8. The lowest BCUT2D eigenvalue weighted by Gasteiger charge is -2.42. The molecule has 3 aromatic heterocycles. The molecule has 0 spiro atoms. The van der Waals surface area contributed by atoms with Gasteiger partial charge in [-0.3, -0.25) is 14.9 Å². The van der Waals surface area contributed by atoms with Gasteiger partial charge in [-0.15, -0.1) is 0 Å². The number of aryl methyl sites for hydroxylation is 1. The van der Waals surface area contributed by atoms with Crippen molar-refractivity contribution >= 4 is 57.6 Å². The number of nitrogens with zero attached hydrogens (tertiary/aromatic N) is 9. The van der Waals surface area contributed by atoms with Crippen molar-refractivity contribution in [1.29, 1.82) is 0 Å². The molecule has 0 amide bonds. The van der Waals surface area contributed by atoms with E-state index in [1.165, 1.54) is 39.0 Å². The lowest BCUT2D eigenvalue weighted by atomic mass is 10.0. The van der Waals surface area contributed by atoms with Gasteiger partial charge in [0.25, 0.3) is 0 Å². The fourth-order valence-corrected chi connectivity index (χ4v) is 6.08. The van der Waals surface area contributed by atoms with Crippen LogP contribution in [0.3, 0.4) is 0 Å². The molecule has 0 saturated carbocycles. The van der Waals surface area contributed by atoms with E-state index < -0.39 is 0 Å². The molecule has 0 bridgehead atoms. The summed E-state index contributed by atoms with van der Waals surface area (Å²) in [6, 6.07) is 8.83. The zero-order chi connectivity index (χ0) is 29.1. The average molecular weight is 586 g/mol. The Bertz CT molecular complexity index is 1500. The SMILES string of the molecule is CSN(C)c1c(Nc2nc(Nc3ccc(N4CCC(N5CCN(C)CC5)CC4)nc3)ncc2C)ccc2nccnc12. The number of piperidine rings is 1. The van der Waals surface area contributed by atoms with Gasteiger partial charge in [0, 0.05) is 82.8 Å². The maximum Gasteiger partial charge on any atom is 0.229 e. The van der Waals surface area contributed by atoms with Crippen molar-refractivity contribution in [2.75, 3.05) is 79.5 Å². The minimum Gasteiger partial charge on any atom is -0.357 e. The Morgan fingerprint density at radius 1 is 0.881 bits per heavy atom. The molecule has 220 valence electrons. The standard InChI is InChI=1S/C30H39N11S/c1-21-19-34-30(37-29(21)36-25-7-6-24-27(32-12-11-31-24)28(25)39(3)42-4)35-22-5-8-26(33-20-22)41-13-9-23(10-14-41)40-17-15-38(2)16-18-40/h5-8,11-12,19-20,23H,9-10,13-18H2,1-4H3,(H2,34,35,36,37). The third-order valence-electron chi connectivity index (χ3n) is 8.27. The molecule has 0 aliphatic carbocycles. The maximum atomic E-state index is 4.80. The minimum absolute atomic E-state index is 0.506. The van der Waals surface area contributed by atoms with Crippen LogP contribution < -0.4 is 19.8 Å². The third-order valence-corrected chi connectivity index (χ3v) is 9.00. The molecular formula is C30H39N11S. The van der Waals surface area contributed by atoms with Crippen molar-refractivity contribution < 1.29 is 0 Å². The monoisotopic (exact) mass is 585 g/mol. The number of nitrogens with one attached hydrogen (secondary N) is 2. The van der Waals surface area contributed by atoms with Crippen LogP contribution >= 0.6 is 11.9 Å². The van der Waals surface area contributed by atoms with E-state index in [2.05, 4.69) is 63.8 Å². The van der Waals surface area contributed by atoms with Gasteiger partial charge in [-0.2, -0.15) is 4.98 Å². The van der Waals surface area contributed by atoms with E-state index in [9.17, 15) is 0 Å². The average Bonchev–Trinajstić information content (AvgIpc) is 3.03. The van der Waals surface area contributed by atoms with Crippen LogP contribution in [0.4, 0.5) is 34.6 Å². The first kappa shape index (κ1) is 28.4. The molecule has 0 atom stereocenters. The topological polar surface area (TPSA) is 101 Å². The highest BCUT2D eigenvalue weighted by Gasteiger charge is 2.27. The second kappa shape index (κ2) is 12.6. The highest BCUT2D eigenvalue weighted by Crippen LogP contribution is 2.36. The molecule has 2 aliphatic heterocycles. The van der Waals surface area contributed by atoms with E-state index in [-0.39, 0.29) is 0 Å². The van der Waals surface area contributed by atoms with Gasteiger partial charge in [-0.25, -0.2) is 9.97 Å². The molecular weight excluding hydrogens is 546 g/mol. The highest BCUT2D eigenvalue weighted by atomic mass is 32.2. The molecule has 2 saturated heterocycles. The predicted molar refractivity (Wildman–Crippen MR) is 173 cm³/mol. The lowest BCUT2D eigenvalue weighted by molar-refractivity contribution is 0.0981. The fourth-order valence-electron chi connectivity index (χ4n) is 5.71. The van der Waals surface area contributed by atoms with Crippen LogP contribution in [0, 0.1) is 6.92 Å². The van der Waals surface area contributed by atoms with Crippen LogP contribution in [0.5, 0.6) is 0 Å². The van der Waals surface area contributed by atoms with E-state index in [1.807, 2.05) is 44.8 Å². The Kier molecular flexibility index (Phi) is 8.54. The number of pyridine rings is 1. The molecule has 0 radical (unpaired) electrons. The number of hydrogen-bond acceptors (Lipinski definition) is 12. The Morgan fingerprint density at radius 2 is 1.67 bits per heavy atom. The number of rotatable bonds is 8. The van der Waals surface area contributed by atoms with Crippen molar-refractivity contribution in [2.24, 2.45) is 0 Å². The molecule has 5 heterocycles. The Hall–Kier alpha value is -3.74. The van der Waals surface area contributed by atoms with E-state index in [0.29, 0.717) is 12.0 Å². The first-order valence-electron chi connectivity index (χ1n) is 14.5. The van der Waals surface area contributed by atoms with Crippen LogP contribution in [0.15, 0.2) is 49.1 Å². The molecule has 42 heavy (non-hydrogen) atoms. The second-order valence-electron chi connectivity index (χ2n) is 11.0. The molecule has 12 heteroatoms. The second-order valence-corrected chi connectivity index (χ2v) is 11.9. The summed E-state index contributed by atoms with van der Waals surface area (Å²) in [5.74, 6) is 2.25. The van der Waals surface area contributed by atoms with Crippen LogP contribution in [0.2, 0.25) is 0 Å². The van der Waals surface area contributed by atoms with Gasteiger partial charge in [0.05, 0.1) is 28.8 Å². The number of fused-ring (bicyclic) bond motifs is 1. The highest BCUT2D eigenvalue weighted by molar-refractivity contribution is 7.99.